The summed E-state index contributed by atoms with van der Waals surface area (Å²) in [5.74, 6) is 0.968. The number of hydrogen-bond acceptors (Lipinski definition) is 1. The first-order chi connectivity index (χ1) is 4.34. The summed E-state index contributed by atoms with van der Waals surface area (Å²) in [6, 6.07) is 7.97. The standard InChI is InChI=1S/C7H7O.ClH.Mg/c1-8-7-5-3-2-4-6-7;;/h2-5H,1H3;1H;/q;;+1/p-1. The fraction of sp³-hybridized carbons (Fsp3) is 0.143. The van der Waals surface area contributed by atoms with Gasteiger partial charge in [-0.3, -0.25) is 0 Å². The van der Waals surface area contributed by atoms with Crippen molar-refractivity contribution in [3.8, 4) is 5.75 Å². The van der Waals surface area contributed by atoms with Crippen LogP contribution >= 0.6 is 0 Å². The van der Waals surface area contributed by atoms with Crippen molar-refractivity contribution in [1.29, 1.82) is 0 Å². The Balaban J connectivity index is 0.000000810. The van der Waals surface area contributed by atoms with E-state index in [1.807, 2.05) is 46.0 Å². The summed E-state index contributed by atoms with van der Waals surface area (Å²) in [5, 5.41) is 0. The second-order valence-corrected chi connectivity index (χ2v) is 2.57. The largest absolute Gasteiger partial charge is 1.00 e. The van der Waals surface area contributed by atoms with Crippen molar-refractivity contribution in [3.05, 3.63) is 24.3 Å². The molecule has 50 valence electrons. The molecule has 1 rings (SSSR count). The molecular formula is C7H7ClMgO. The number of hydrogen-bond donors (Lipinski definition) is 0. The molecule has 1 nitrogen and oxygen atoms in total. The number of halogens is 1. The number of para-hydroxylation sites is 1. The molecule has 0 aliphatic rings. The summed E-state index contributed by atoms with van der Waals surface area (Å²) in [5.41, 5.74) is 0. The second-order valence-electron chi connectivity index (χ2n) is 1.81. The Labute approximate surface area is 79.6 Å². The van der Waals surface area contributed by atoms with Gasteiger partial charge in [0.05, 0.1) is 0 Å². The zero-order chi connectivity index (χ0) is 6.69. The van der Waals surface area contributed by atoms with Crippen molar-refractivity contribution in [2.24, 2.45) is 0 Å². The molecular weight excluding hydrogens is 160 g/mol. The van der Waals surface area contributed by atoms with Crippen LogP contribution in [-0.2, 0) is 0 Å². The quantitative estimate of drug-likeness (QED) is 0.420. The summed E-state index contributed by atoms with van der Waals surface area (Å²) in [4.78, 5) is 0. The first-order valence-corrected chi connectivity index (χ1v) is 3.50. The Morgan fingerprint density at radius 2 is 1.90 bits per heavy atom. The van der Waals surface area contributed by atoms with Crippen molar-refractivity contribution >= 4 is 25.4 Å². The maximum atomic E-state index is 5.05. The summed E-state index contributed by atoms with van der Waals surface area (Å²) < 4.78 is 6.26. The molecule has 0 fully saturated rings. The molecule has 0 amide bonds. The Morgan fingerprint density at radius 1 is 1.30 bits per heavy atom. The molecule has 1 aromatic rings. The molecule has 10 heavy (non-hydrogen) atoms. The van der Waals surface area contributed by atoms with Crippen molar-refractivity contribution in [3.63, 3.8) is 0 Å². The third-order valence-corrected chi connectivity index (χ3v) is 1.78. The Morgan fingerprint density at radius 3 is 2.30 bits per heavy atom. The van der Waals surface area contributed by atoms with Crippen LogP contribution in [0, 0.1) is 0 Å². The van der Waals surface area contributed by atoms with Crippen LogP contribution in [0.5, 0.6) is 5.75 Å². The van der Waals surface area contributed by atoms with Gasteiger partial charge in [0.2, 0.25) is 0 Å². The van der Waals surface area contributed by atoms with E-state index in [4.69, 9.17) is 4.74 Å². The summed E-state index contributed by atoms with van der Waals surface area (Å²) in [6.07, 6.45) is 0. The fourth-order valence-corrected chi connectivity index (χ4v) is 1.10. The zero-order valence-electron chi connectivity index (χ0n) is 5.80. The van der Waals surface area contributed by atoms with E-state index in [2.05, 4.69) is 0 Å². The minimum absolute atomic E-state index is 0. The van der Waals surface area contributed by atoms with Crippen LogP contribution < -0.4 is 20.8 Å². The van der Waals surface area contributed by atoms with Crippen molar-refractivity contribution in [1.82, 2.24) is 0 Å². The SMILES string of the molecule is COc1cccc[c]1[Mg+].[Cl-]. The van der Waals surface area contributed by atoms with Crippen molar-refractivity contribution in [2.45, 2.75) is 0 Å². The zero-order valence-corrected chi connectivity index (χ0v) is 7.97. The molecule has 0 aliphatic heterocycles. The van der Waals surface area contributed by atoms with Crippen LogP contribution in [0.1, 0.15) is 0 Å². The van der Waals surface area contributed by atoms with Crippen LogP contribution in [0.15, 0.2) is 24.3 Å². The Hall–Kier alpha value is 0.0762. The van der Waals surface area contributed by atoms with Crippen molar-refractivity contribution < 1.29 is 17.1 Å². The molecule has 0 aliphatic carbocycles. The first-order valence-electron chi connectivity index (χ1n) is 2.79. The van der Waals surface area contributed by atoms with Gasteiger partial charge >= 0.3 is 67.3 Å². The van der Waals surface area contributed by atoms with Gasteiger partial charge in [-0.05, 0) is 0 Å². The maximum absolute atomic E-state index is 5.05. The third-order valence-electron chi connectivity index (χ3n) is 1.19. The maximum Gasteiger partial charge on any atom is -1.00 e. The van der Waals surface area contributed by atoms with E-state index in [1.54, 1.807) is 7.11 Å². The van der Waals surface area contributed by atoms with Crippen LogP contribution in [0.3, 0.4) is 0 Å². The number of methoxy groups -OCH3 is 1. The van der Waals surface area contributed by atoms with E-state index in [1.165, 1.54) is 3.69 Å². The molecule has 0 bridgehead atoms. The Kier molecular flexibility index (Phi) is 4.86. The summed E-state index contributed by atoms with van der Waals surface area (Å²) in [7, 11) is 1.69. The fourth-order valence-electron chi connectivity index (χ4n) is 0.703. The molecule has 0 atom stereocenters. The van der Waals surface area contributed by atoms with Crippen LogP contribution in [0.2, 0.25) is 0 Å². The normalized spacial score (nSPS) is 8.30. The first kappa shape index (κ1) is 10.1. The average molecular weight is 167 g/mol. The third kappa shape index (κ3) is 2.37. The van der Waals surface area contributed by atoms with Gasteiger partial charge in [0.25, 0.3) is 0 Å². The second kappa shape index (κ2) is 4.83. The van der Waals surface area contributed by atoms with Gasteiger partial charge in [-0.1, -0.05) is 0 Å². The van der Waals surface area contributed by atoms with Gasteiger partial charge in [-0.2, -0.15) is 0 Å². The van der Waals surface area contributed by atoms with Crippen molar-refractivity contribution in [2.75, 3.05) is 7.11 Å². The van der Waals surface area contributed by atoms with Gasteiger partial charge in [-0.15, -0.1) is 0 Å². The molecule has 0 radical (unpaired) electrons. The average Bonchev–Trinajstić information content (AvgIpc) is 1.89. The van der Waals surface area contributed by atoms with Crippen LogP contribution in [0.25, 0.3) is 0 Å². The minimum atomic E-state index is 0. The van der Waals surface area contributed by atoms with E-state index in [0.717, 1.165) is 5.75 Å². The van der Waals surface area contributed by atoms with Gasteiger partial charge in [0.1, 0.15) is 0 Å². The molecule has 0 N–H and O–H groups in total. The van der Waals surface area contributed by atoms with Gasteiger partial charge in [0, 0.05) is 0 Å². The molecule has 0 spiro atoms. The van der Waals surface area contributed by atoms with Gasteiger partial charge in [-0.25, -0.2) is 0 Å². The van der Waals surface area contributed by atoms with Crippen LogP contribution in [-0.4, -0.2) is 28.8 Å². The van der Waals surface area contributed by atoms with Gasteiger partial charge < -0.3 is 12.4 Å². The Bertz CT molecular complexity index is 203. The minimum Gasteiger partial charge on any atom is -1.00 e. The summed E-state index contributed by atoms with van der Waals surface area (Å²) in [6.45, 7) is 0. The van der Waals surface area contributed by atoms with E-state index >= 15 is 0 Å². The molecule has 3 heteroatoms. The van der Waals surface area contributed by atoms with Gasteiger partial charge in [0.15, 0.2) is 0 Å². The molecule has 0 saturated carbocycles. The predicted molar refractivity (Wildman–Crippen MR) is 38.4 cm³/mol. The smallest absolute Gasteiger partial charge is 1.00 e. The van der Waals surface area contributed by atoms with E-state index in [0.29, 0.717) is 0 Å². The number of ether oxygens (including phenoxy) is 1. The van der Waals surface area contributed by atoms with Crippen LogP contribution in [0.4, 0.5) is 0 Å². The molecule has 0 heterocycles. The monoisotopic (exact) mass is 166 g/mol. The van der Waals surface area contributed by atoms with E-state index in [-0.39, 0.29) is 12.4 Å². The molecule has 1 aromatic carbocycles. The molecule has 0 unspecified atom stereocenters. The number of benzene rings is 1. The predicted octanol–water partition coefficient (Wildman–Crippen LogP) is -2.51. The molecule has 0 saturated heterocycles. The summed E-state index contributed by atoms with van der Waals surface area (Å²) >= 11 is 1.83. The molecule has 0 aromatic heterocycles. The van der Waals surface area contributed by atoms with E-state index in [9.17, 15) is 0 Å². The number of rotatable bonds is 1. The van der Waals surface area contributed by atoms with E-state index < -0.39 is 0 Å². The topological polar surface area (TPSA) is 9.23 Å².